The Morgan fingerprint density at radius 3 is 2.22 bits per heavy atom. The number of rotatable bonds is 4. The van der Waals surface area contributed by atoms with E-state index in [-0.39, 0.29) is 11.3 Å². The van der Waals surface area contributed by atoms with E-state index in [1.807, 2.05) is 0 Å². The molecule has 9 heteroatoms. The summed E-state index contributed by atoms with van der Waals surface area (Å²) < 4.78 is 20.7. The molecule has 1 aromatic carbocycles. The van der Waals surface area contributed by atoms with Gasteiger partial charge in [-0.3, -0.25) is 10.1 Å². The third-order valence-electron chi connectivity index (χ3n) is 2.23. The quantitative estimate of drug-likeness (QED) is 0.504. The summed E-state index contributed by atoms with van der Waals surface area (Å²) in [5.74, 6) is 0. The van der Waals surface area contributed by atoms with Gasteiger partial charge in [-0.05, 0) is 33.6 Å². The molecule has 0 amide bonds. The molecule has 0 aliphatic heterocycles. The van der Waals surface area contributed by atoms with Gasteiger partial charge in [0.2, 0.25) is 3.12 Å². The van der Waals surface area contributed by atoms with Crippen molar-refractivity contribution >= 4 is 43.1 Å². The highest BCUT2D eigenvalue weighted by atomic mass is 79.9. The molecule has 0 bridgehead atoms. The number of halogens is 2. The highest BCUT2D eigenvalue weighted by molar-refractivity contribution is 9.12. The van der Waals surface area contributed by atoms with Gasteiger partial charge in [0.15, 0.2) is 9.84 Å². The summed E-state index contributed by atoms with van der Waals surface area (Å²) >= 11 is 8.49. The number of hydrogen-bond acceptors (Lipinski definition) is 5. The van der Waals surface area contributed by atoms with Crippen molar-refractivity contribution in [1.29, 1.82) is 0 Å². The summed E-state index contributed by atoms with van der Waals surface area (Å²) in [5, 5.41) is 20.3. The Morgan fingerprint density at radius 2 is 1.89 bits per heavy atom. The van der Waals surface area contributed by atoms with Gasteiger partial charge in [0, 0.05) is 18.4 Å². The maximum Gasteiger partial charge on any atom is 0.269 e. The molecular formula is C9H9BrClNO5S. The second kappa shape index (κ2) is 5.12. The number of aliphatic hydroxyl groups is 1. The molecule has 2 atom stereocenters. The molecule has 18 heavy (non-hydrogen) atoms. The Hall–Kier alpha value is -0.700. The van der Waals surface area contributed by atoms with Crippen LogP contribution in [0.1, 0.15) is 11.7 Å². The lowest BCUT2D eigenvalue weighted by Crippen LogP contribution is -2.32. The number of hydrogen-bond donors (Lipinski definition) is 1. The number of nitro benzene ring substituents is 1. The van der Waals surface area contributed by atoms with Gasteiger partial charge in [-0.15, -0.1) is 0 Å². The summed E-state index contributed by atoms with van der Waals surface area (Å²) in [4.78, 5) is 9.85. The number of nitrogens with zero attached hydrogens (tertiary/aromatic N) is 1. The normalized spacial score (nSPS) is 16.9. The van der Waals surface area contributed by atoms with Gasteiger partial charge < -0.3 is 5.11 Å². The topological polar surface area (TPSA) is 97.5 Å². The van der Waals surface area contributed by atoms with Crippen LogP contribution in [0.4, 0.5) is 5.69 Å². The smallest absolute Gasteiger partial charge is 0.269 e. The SMILES string of the molecule is CS(=O)(=O)C(Cl)(Br)C(O)c1ccc([N+](=O)[O-])cc1. The van der Waals surface area contributed by atoms with Crippen molar-refractivity contribution in [2.45, 2.75) is 9.22 Å². The fraction of sp³-hybridized carbons (Fsp3) is 0.333. The van der Waals surface area contributed by atoms with E-state index in [0.29, 0.717) is 0 Å². The van der Waals surface area contributed by atoms with Crippen LogP contribution in [0.15, 0.2) is 24.3 Å². The molecule has 0 spiro atoms. The summed E-state index contributed by atoms with van der Waals surface area (Å²) in [6.45, 7) is 0. The Balaban J connectivity index is 3.12. The zero-order chi connectivity index (χ0) is 14.1. The van der Waals surface area contributed by atoms with E-state index < -0.39 is 24.0 Å². The van der Waals surface area contributed by atoms with E-state index in [1.165, 1.54) is 12.1 Å². The largest absolute Gasteiger partial charge is 0.385 e. The van der Waals surface area contributed by atoms with Crippen LogP contribution in [0.5, 0.6) is 0 Å². The zero-order valence-electron chi connectivity index (χ0n) is 9.08. The molecular weight excluding hydrogens is 350 g/mol. The third-order valence-corrected chi connectivity index (χ3v) is 6.69. The second-order valence-corrected chi connectivity index (χ2v) is 8.83. The standard InChI is InChI=1S/C9H9BrClNO5S/c1-18(16,17)9(10,11)8(13)6-2-4-7(5-3-6)12(14)15/h2-5,8,13H,1H3. The predicted molar refractivity (Wildman–Crippen MR) is 70.4 cm³/mol. The summed E-state index contributed by atoms with van der Waals surface area (Å²) in [7, 11) is -3.78. The first-order chi connectivity index (χ1) is 8.07. The highest BCUT2D eigenvalue weighted by Gasteiger charge is 2.44. The van der Waals surface area contributed by atoms with Crippen LogP contribution in [0.2, 0.25) is 0 Å². The first kappa shape index (κ1) is 15.4. The average molecular weight is 359 g/mol. The minimum atomic E-state index is -3.78. The van der Waals surface area contributed by atoms with E-state index in [0.717, 1.165) is 18.4 Å². The Bertz CT molecular complexity index is 557. The molecule has 1 N–H and O–H groups in total. The van der Waals surface area contributed by atoms with Crippen LogP contribution in [-0.2, 0) is 9.84 Å². The van der Waals surface area contributed by atoms with Gasteiger partial charge in [-0.1, -0.05) is 11.6 Å². The molecule has 6 nitrogen and oxygen atoms in total. The maximum absolute atomic E-state index is 11.4. The van der Waals surface area contributed by atoms with E-state index in [9.17, 15) is 23.6 Å². The Morgan fingerprint density at radius 1 is 1.44 bits per heavy atom. The number of sulfone groups is 1. The number of non-ortho nitro benzene ring substituents is 1. The molecule has 0 aliphatic carbocycles. The fourth-order valence-corrected chi connectivity index (χ4v) is 2.11. The molecule has 0 saturated carbocycles. The lowest BCUT2D eigenvalue weighted by Gasteiger charge is -2.24. The first-order valence-electron chi connectivity index (χ1n) is 4.57. The minimum absolute atomic E-state index is 0.151. The molecule has 0 aliphatic rings. The summed E-state index contributed by atoms with van der Waals surface area (Å²) in [6.07, 6.45) is -0.696. The van der Waals surface area contributed by atoms with Crippen molar-refractivity contribution in [3.05, 3.63) is 39.9 Å². The molecule has 0 fully saturated rings. The molecule has 100 valence electrons. The molecule has 0 radical (unpaired) electrons. The van der Waals surface area contributed by atoms with E-state index in [1.54, 1.807) is 0 Å². The molecule has 1 aromatic rings. The Kier molecular flexibility index (Phi) is 4.37. The van der Waals surface area contributed by atoms with E-state index >= 15 is 0 Å². The summed E-state index contributed by atoms with van der Waals surface area (Å²) in [6, 6.07) is 4.79. The summed E-state index contributed by atoms with van der Waals surface area (Å²) in [5.41, 5.74) is -0.0158. The molecule has 1 rings (SSSR count). The van der Waals surface area contributed by atoms with Crippen LogP contribution in [0, 0.1) is 10.1 Å². The predicted octanol–water partition coefficient (Wildman–Crippen LogP) is 1.96. The van der Waals surface area contributed by atoms with Gasteiger partial charge in [0.05, 0.1) is 4.92 Å². The zero-order valence-corrected chi connectivity index (χ0v) is 12.2. The lowest BCUT2D eigenvalue weighted by atomic mass is 10.1. The monoisotopic (exact) mass is 357 g/mol. The van der Waals surface area contributed by atoms with Crippen LogP contribution in [0.3, 0.4) is 0 Å². The molecule has 2 unspecified atom stereocenters. The molecule has 0 heterocycles. The van der Waals surface area contributed by atoms with Crippen molar-refractivity contribution < 1.29 is 18.4 Å². The average Bonchev–Trinajstić information content (AvgIpc) is 2.26. The van der Waals surface area contributed by atoms with Gasteiger partial charge in [0.1, 0.15) is 6.10 Å². The van der Waals surface area contributed by atoms with Crippen LogP contribution < -0.4 is 0 Å². The van der Waals surface area contributed by atoms with Crippen molar-refractivity contribution in [2.75, 3.05) is 6.26 Å². The van der Waals surface area contributed by atoms with Crippen LogP contribution in [-0.4, -0.2) is 27.8 Å². The number of benzene rings is 1. The number of aliphatic hydroxyl groups excluding tert-OH is 1. The van der Waals surface area contributed by atoms with Gasteiger partial charge in [-0.25, -0.2) is 8.42 Å². The van der Waals surface area contributed by atoms with Crippen molar-refractivity contribution in [2.24, 2.45) is 0 Å². The second-order valence-electron chi connectivity index (χ2n) is 3.59. The van der Waals surface area contributed by atoms with E-state index in [4.69, 9.17) is 11.6 Å². The van der Waals surface area contributed by atoms with E-state index in [2.05, 4.69) is 15.9 Å². The number of alkyl halides is 2. The maximum atomic E-state index is 11.4. The van der Waals surface area contributed by atoms with Crippen molar-refractivity contribution in [1.82, 2.24) is 0 Å². The van der Waals surface area contributed by atoms with Crippen molar-refractivity contribution in [3.63, 3.8) is 0 Å². The minimum Gasteiger partial charge on any atom is -0.385 e. The fourth-order valence-electron chi connectivity index (χ4n) is 1.18. The highest BCUT2D eigenvalue weighted by Crippen LogP contribution is 2.42. The van der Waals surface area contributed by atoms with Crippen LogP contribution in [0.25, 0.3) is 0 Å². The van der Waals surface area contributed by atoms with Gasteiger partial charge >= 0.3 is 0 Å². The Labute approximate surface area is 117 Å². The van der Waals surface area contributed by atoms with Crippen LogP contribution >= 0.6 is 27.5 Å². The van der Waals surface area contributed by atoms with Crippen molar-refractivity contribution in [3.8, 4) is 0 Å². The van der Waals surface area contributed by atoms with Gasteiger partial charge in [0.25, 0.3) is 5.69 Å². The van der Waals surface area contributed by atoms with Gasteiger partial charge in [-0.2, -0.15) is 0 Å². The molecule has 0 saturated heterocycles. The third kappa shape index (κ3) is 3.00. The first-order valence-corrected chi connectivity index (χ1v) is 7.63. The lowest BCUT2D eigenvalue weighted by molar-refractivity contribution is -0.384. The molecule has 0 aromatic heterocycles. The number of nitro groups is 1.